The maximum absolute atomic E-state index is 4.94. The summed E-state index contributed by atoms with van der Waals surface area (Å²) in [5.74, 6) is 0. The van der Waals surface area contributed by atoms with Crippen molar-refractivity contribution in [2.24, 2.45) is 0 Å². The number of aryl methyl sites for hydroxylation is 1. The molecule has 0 aliphatic heterocycles. The van der Waals surface area contributed by atoms with Crippen molar-refractivity contribution in [3.63, 3.8) is 0 Å². The number of hydrogen-bond acceptors (Lipinski definition) is 3. The van der Waals surface area contributed by atoms with E-state index in [1.807, 2.05) is 26.8 Å². The van der Waals surface area contributed by atoms with Crippen molar-refractivity contribution in [3.8, 4) is 0 Å². The van der Waals surface area contributed by atoms with E-state index in [1.54, 1.807) is 12.4 Å². The van der Waals surface area contributed by atoms with Gasteiger partial charge in [-0.15, -0.1) is 0 Å². The van der Waals surface area contributed by atoms with Gasteiger partial charge in [-0.2, -0.15) is 0 Å². The Morgan fingerprint density at radius 2 is 2.08 bits per heavy atom. The normalized spacial score (nSPS) is 9.25. The van der Waals surface area contributed by atoms with E-state index in [1.165, 1.54) is 0 Å². The van der Waals surface area contributed by atoms with Crippen LogP contribution in [0.5, 0.6) is 0 Å². The molecule has 0 unspecified atom stereocenters. The molecule has 2 aromatic heterocycles. The number of nitrogens with zero attached hydrogens (tertiary/aromatic N) is 2. The molecule has 2 aromatic rings. The smallest absolute Gasteiger partial charge is 0.188 e. The second kappa shape index (κ2) is 3.85. The standard InChI is InChI=1S/C7H6N2O.C2H6/c1-5-2-3-8-6-4-9-10-7(5)6;1-2/h2-4H,1H3;1-2H3. The molecule has 0 saturated heterocycles. The molecule has 0 fully saturated rings. The van der Waals surface area contributed by atoms with Crippen molar-refractivity contribution in [2.75, 3.05) is 0 Å². The van der Waals surface area contributed by atoms with Crippen molar-refractivity contribution in [3.05, 3.63) is 24.0 Å². The van der Waals surface area contributed by atoms with Crippen LogP contribution in [0.4, 0.5) is 0 Å². The van der Waals surface area contributed by atoms with Crippen molar-refractivity contribution in [1.29, 1.82) is 0 Å². The Kier molecular flexibility index (Phi) is 2.80. The molecule has 3 nitrogen and oxygen atoms in total. The molecule has 0 amide bonds. The molecule has 0 saturated carbocycles. The predicted molar refractivity (Wildman–Crippen MR) is 47.9 cm³/mol. The van der Waals surface area contributed by atoms with Gasteiger partial charge in [0.2, 0.25) is 0 Å². The molecular formula is C9H12N2O. The van der Waals surface area contributed by atoms with Crippen LogP contribution in [0, 0.1) is 6.92 Å². The third-order valence-electron chi connectivity index (χ3n) is 1.45. The van der Waals surface area contributed by atoms with E-state index in [0.717, 1.165) is 16.7 Å². The minimum absolute atomic E-state index is 0.780. The van der Waals surface area contributed by atoms with Gasteiger partial charge in [0.05, 0.1) is 6.20 Å². The molecule has 3 heteroatoms. The molecule has 0 spiro atoms. The molecule has 64 valence electrons. The highest BCUT2D eigenvalue weighted by Crippen LogP contribution is 2.13. The summed E-state index contributed by atoms with van der Waals surface area (Å²) in [4.78, 5) is 4.05. The van der Waals surface area contributed by atoms with Crippen molar-refractivity contribution < 1.29 is 4.52 Å². The lowest BCUT2D eigenvalue weighted by Gasteiger charge is -1.87. The lowest BCUT2D eigenvalue weighted by molar-refractivity contribution is 0.455. The molecular weight excluding hydrogens is 152 g/mol. The number of aromatic nitrogens is 2. The second-order valence-electron chi connectivity index (χ2n) is 2.17. The van der Waals surface area contributed by atoms with Crippen LogP contribution in [-0.4, -0.2) is 10.1 Å². The average molecular weight is 164 g/mol. The Balaban J connectivity index is 0.000000336. The quantitative estimate of drug-likeness (QED) is 0.600. The fraction of sp³-hybridized carbons (Fsp3) is 0.333. The minimum atomic E-state index is 0.780. The zero-order chi connectivity index (χ0) is 8.97. The summed E-state index contributed by atoms with van der Waals surface area (Å²) in [6, 6.07) is 1.90. The third kappa shape index (κ3) is 1.44. The van der Waals surface area contributed by atoms with Gasteiger partial charge in [-0.1, -0.05) is 19.0 Å². The molecule has 0 aliphatic rings. The maximum Gasteiger partial charge on any atom is 0.188 e. The highest BCUT2D eigenvalue weighted by Gasteiger charge is 1.99. The van der Waals surface area contributed by atoms with Gasteiger partial charge in [0.15, 0.2) is 5.58 Å². The zero-order valence-electron chi connectivity index (χ0n) is 7.53. The first-order valence-electron chi connectivity index (χ1n) is 4.04. The number of rotatable bonds is 0. The highest BCUT2D eigenvalue weighted by molar-refractivity contribution is 5.73. The summed E-state index contributed by atoms with van der Waals surface area (Å²) in [6.45, 7) is 5.97. The Morgan fingerprint density at radius 3 is 2.75 bits per heavy atom. The highest BCUT2D eigenvalue weighted by atomic mass is 16.5. The van der Waals surface area contributed by atoms with Gasteiger partial charge < -0.3 is 4.52 Å². The largest absolute Gasteiger partial charge is 0.354 e. The summed E-state index contributed by atoms with van der Waals surface area (Å²) in [5.41, 5.74) is 2.67. The van der Waals surface area contributed by atoms with Crippen LogP contribution in [0.3, 0.4) is 0 Å². The molecule has 0 aromatic carbocycles. The van der Waals surface area contributed by atoms with Crippen LogP contribution >= 0.6 is 0 Å². The number of pyridine rings is 1. The zero-order valence-corrected chi connectivity index (χ0v) is 7.53. The van der Waals surface area contributed by atoms with Crippen LogP contribution in [-0.2, 0) is 0 Å². The fourth-order valence-electron chi connectivity index (χ4n) is 0.905. The third-order valence-corrected chi connectivity index (χ3v) is 1.45. The fourth-order valence-corrected chi connectivity index (χ4v) is 0.905. The van der Waals surface area contributed by atoms with Crippen LogP contribution in [0.15, 0.2) is 23.0 Å². The van der Waals surface area contributed by atoms with Gasteiger partial charge in [0.25, 0.3) is 0 Å². The molecule has 2 rings (SSSR count). The van der Waals surface area contributed by atoms with Gasteiger partial charge in [0.1, 0.15) is 5.52 Å². The number of hydrogen-bond donors (Lipinski definition) is 0. The first-order chi connectivity index (χ1) is 5.88. The molecule has 0 aliphatic carbocycles. The van der Waals surface area contributed by atoms with E-state index in [4.69, 9.17) is 4.52 Å². The molecule has 2 heterocycles. The van der Waals surface area contributed by atoms with Crippen LogP contribution in [0.2, 0.25) is 0 Å². The van der Waals surface area contributed by atoms with E-state index < -0.39 is 0 Å². The second-order valence-corrected chi connectivity index (χ2v) is 2.17. The van der Waals surface area contributed by atoms with Crippen molar-refractivity contribution in [1.82, 2.24) is 10.1 Å². The molecule has 0 atom stereocenters. The van der Waals surface area contributed by atoms with Crippen LogP contribution < -0.4 is 0 Å². The van der Waals surface area contributed by atoms with Gasteiger partial charge >= 0.3 is 0 Å². The first kappa shape index (κ1) is 8.71. The van der Waals surface area contributed by atoms with Gasteiger partial charge in [0, 0.05) is 6.20 Å². The van der Waals surface area contributed by atoms with E-state index in [-0.39, 0.29) is 0 Å². The van der Waals surface area contributed by atoms with E-state index >= 15 is 0 Å². The summed E-state index contributed by atoms with van der Waals surface area (Å²) >= 11 is 0. The molecule has 0 N–H and O–H groups in total. The van der Waals surface area contributed by atoms with Crippen molar-refractivity contribution >= 4 is 11.1 Å². The minimum Gasteiger partial charge on any atom is -0.354 e. The molecule has 0 bridgehead atoms. The Bertz CT molecular complexity index is 354. The lowest BCUT2D eigenvalue weighted by Crippen LogP contribution is -1.74. The molecule has 0 radical (unpaired) electrons. The Hall–Kier alpha value is -1.38. The molecule has 12 heavy (non-hydrogen) atoms. The van der Waals surface area contributed by atoms with Crippen LogP contribution in [0.25, 0.3) is 11.1 Å². The van der Waals surface area contributed by atoms with Gasteiger partial charge in [-0.05, 0) is 18.6 Å². The van der Waals surface area contributed by atoms with Crippen LogP contribution in [0.1, 0.15) is 19.4 Å². The summed E-state index contributed by atoms with van der Waals surface area (Å²) in [5, 5.41) is 3.62. The van der Waals surface area contributed by atoms with E-state index in [2.05, 4.69) is 10.1 Å². The van der Waals surface area contributed by atoms with Gasteiger partial charge in [-0.25, -0.2) is 0 Å². The monoisotopic (exact) mass is 164 g/mol. The SMILES string of the molecule is CC.Cc1ccnc2cnoc12. The number of fused-ring (bicyclic) bond motifs is 1. The summed E-state index contributed by atoms with van der Waals surface area (Å²) < 4.78 is 4.94. The van der Waals surface area contributed by atoms with Gasteiger partial charge in [-0.3, -0.25) is 4.98 Å². The first-order valence-corrected chi connectivity index (χ1v) is 4.04. The Labute approximate surface area is 71.4 Å². The summed E-state index contributed by atoms with van der Waals surface area (Å²) in [7, 11) is 0. The Morgan fingerprint density at radius 1 is 1.33 bits per heavy atom. The lowest BCUT2D eigenvalue weighted by atomic mass is 10.3. The van der Waals surface area contributed by atoms with E-state index in [0.29, 0.717) is 0 Å². The summed E-state index contributed by atoms with van der Waals surface area (Å²) in [6.07, 6.45) is 3.36. The van der Waals surface area contributed by atoms with Crippen molar-refractivity contribution in [2.45, 2.75) is 20.8 Å². The average Bonchev–Trinajstić information content (AvgIpc) is 2.57. The topological polar surface area (TPSA) is 38.9 Å². The predicted octanol–water partition coefficient (Wildman–Crippen LogP) is 2.56. The van der Waals surface area contributed by atoms with E-state index in [9.17, 15) is 0 Å². The maximum atomic E-state index is 4.94.